The van der Waals surface area contributed by atoms with Crippen LogP contribution in [0.3, 0.4) is 0 Å². The molecular weight excluding hydrogens is 374 g/mol. The molecule has 3 aromatic rings. The van der Waals surface area contributed by atoms with Crippen molar-refractivity contribution < 1.29 is 4.79 Å². The summed E-state index contributed by atoms with van der Waals surface area (Å²) in [5, 5.41) is 0. The number of pyridine rings is 1. The number of aromatic nitrogens is 3. The summed E-state index contributed by atoms with van der Waals surface area (Å²) in [4.78, 5) is 27.2. The number of rotatable bonds is 5. The van der Waals surface area contributed by atoms with Crippen LogP contribution < -0.4 is 0 Å². The molecule has 0 aliphatic carbocycles. The van der Waals surface area contributed by atoms with Crippen molar-refractivity contribution in [2.24, 2.45) is 0 Å². The summed E-state index contributed by atoms with van der Waals surface area (Å²) >= 11 is 0. The van der Waals surface area contributed by atoms with Gasteiger partial charge in [0.15, 0.2) is 0 Å². The topological polar surface area (TPSA) is 54.3 Å². The Morgan fingerprint density at radius 2 is 1.80 bits per heavy atom. The fourth-order valence-electron chi connectivity index (χ4n) is 4.32. The normalized spacial score (nSPS) is 16.7. The van der Waals surface area contributed by atoms with E-state index < -0.39 is 0 Å². The van der Waals surface area contributed by atoms with Crippen molar-refractivity contribution >= 4 is 16.9 Å². The van der Waals surface area contributed by atoms with E-state index in [9.17, 15) is 4.79 Å². The van der Waals surface area contributed by atoms with Gasteiger partial charge in [-0.2, -0.15) is 0 Å². The van der Waals surface area contributed by atoms with Crippen LogP contribution in [0.4, 0.5) is 0 Å². The van der Waals surface area contributed by atoms with Crippen LogP contribution in [0.25, 0.3) is 11.0 Å². The Morgan fingerprint density at radius 3 is 2.57 bits per heavy atom. The van der Waals surface area contributed by atoms with E-state index in [-0.39, 0.29) is 17.9 Å². The zero-order chi connectivity index (χ0) is 21.1. The van der Waals surface area contributed by atoms with Crippen molar-refractivity contribution in [2.75, 3.05) is 26.2 Å². The predicted octanol–water partition coefficient (Wildman–Crippen LogP) is 3.85. The number of carbonyl (C=O) groups excluding carboxylic acids is 1. The second-order valence-electron chi connectivity index (χ2n) is 8.44. The fraction of sp³-hybridized carbons (Fsp3) is 0.458. The van der Waals surface area contributed by atoms with Gasteiger partial charge in [-0.3, -0.25) is 14.7 Å². The van der Waals surface area contributed by atoms with Crippen LogP contribution >= 0.6 is 0 Å². The van der Waals surface area contributed by atoms with Crippen LogP contribution in [0, 0.1) is 0 Å². The van der Waals surface area contributed by atoms with Gasteiger partial charge in [0.05, 0.1) is 16.7 Å². The summed E-state index contributed by atoms with van der Waals surface area (Å²) < 4.78 is 2.14. The third-order valence-corrected chi connectivity index (χ3v) is 5.90. The highest BCUT2D eigenvalue weighted by molar-refractivity contribution is 5.84. The third-order valence-electron chi connectivity index (χ3n) is 5.90. The quantitative estimate of drug-likeness (QED) is 0.647. The highest BCUT2D eigenvalue weighted by Gasteiger charge is 2.28. The van der Waals surface area contributed by atoms with Crippen LogP contribution in [0.2, 0.25) is 0 Å². The molecule has 0 saturated carbocycles. The molecule has 0 N–H and O–H groups in total. The first kappa shape index (κ1) is 20.5. The predicted molar refractivity (Wildman–Crippen MR) is 119 cm³/mol. The molecule has 0 spiro atoms. The third kappa shape index (κ3) is 4.24. The Hall–Kier alpha value is -2.73. The van der Waals surface area contributed by atoms with Crippen molar-refractivity contribution in [1.82, 2.24) is 24.3 Å². The van der Waals surface area contributed by atoms with Crippen LogP contribution in [-0.2, 0) is 11.3 Å². The number of imidazole rings is 1. The molecule has 1 aliphatic rings. The first-order valence-electron chi connectivity index (χ1n) is 10.9. The number of benzene rings is 1. The molecule has 0 bridgehead atoms. The number of para-hydroxylation sites is 2. The van der Waals surface area contributed by atoms with Gasteiger partial charge < -0.3 is 9.47 Å². The molecule has 1 amide bonds. The molecule has 2 aromatic heterocycles. The van der Waals surface area contributed by atoms with E-state index in [1.165, 1.54) is 0 Å². The van der Waals surface area contributed by atoms with Gasteiger partial charge in [-0.15, -0.1) is 0 Å². The molecule has 6 nitrogen and oxygen atoms in total. The molecule has 1 aliphatic heterocycles. The van der Waals surface area contributed by atoms with E-state index >= 15 is 0 Å². The molecule has 4 rings (SSSR count). The van der Waals surface area contributed by atoms with E-state index in [2.05, 4.69) is 40.4 Å². The Morgan fingerprint density at radius 1 is 1.00 bits per heavy atom. The van der Waals surface area contributed by atoms with Crippen molar-refractivity contribution in [1.29, 1.82) is 0 Å². The zero-order valence-corrected chi connectivity index (χ0v) is 18.2. The number of carbonyl (C=O) groups is 1. The lowest BCUT2D eigenvalue weighted by Gasteiger charge is -2.27. The summed E-state index contributed by atoms with van der Waals surface area (Å²) in [6.45, 7) is 10.5. The van der Waals surface area contributed by atoms with Gasteiger partial charge in [0.2, 0.25) is 5.91 Å². The zero-order valence-electron chi connectivity index (χ0n) is 18.2. The summed E-state index contributed by atoms with van der Waals surface area (Å²) in [5.74, 6) is 1.41. The summed E-state index contributed by atoms with van der Waals surface area (Å²) in [6, 6.07) is 13.9. The molecule has 0 radical (unpaired) electrons. The van der Waals surface area contributed by atoms with Gasteiger partial charge >= 0.3 is 0 Å². The van der Waals surface area contributed by atoms with Crippen molar-refractivity contribution in [3.63, 3.8) is 0 Å². The lowest BCUT2D eigenvalue weighted by Crippen LogP contribution is -2.39. The maximum atomic E-state index is 13.5. The van der Waals surface area contributed by atoms with Gasteiger partial charge in [0.25, 0.3) is 0 Å². The maximum Gasteiger partial charge on any atom is 0.245 e. The standard InChI is InChI=1S/C24H31N5O/c1-18(2)23-26-21-10-4-5-11-22(21)29(23)19(3)24(30)28-14-8-13-27(15-16-28)17-20-9-6-7-12-25-20/h4-7,9-12,18-19H,8,13-17H2,1-3H3/t19-/m1/s1. The van der Waals surface area contributed by atoms with Gasteiger partial charge in [-0.25, -0.2) is 4.98 Å². The number of fused-ring (bicyclic) bond motifs is 1. The van der Waals surface area contributed by atoms with Crippen LogP contribution in [0.1, 0.15) is 50.7 Å². The minimum atomic E-state index is -0.267. The molecule has 3 heterocycles. The molecule has 30 heavy (non-hydrogen) atoms. The second-order valence-corrected chi connectivity index (χ2v) is 8.44. The van der Waals surface area contributed by atoms with Crippen molar-refractivity contribution in [2.45, 2.75) is 45.7 Å². The van der Waals surface area contributed by atoms with Crippen LogP contribution in [0.15, 0.2) is 48.7 Å². The highest BCUT2D eigenvalue weighted by Crippen LogP contribution is 2.27. The lowest BCUT2D eigenvalue weighted by molar-refractivity contribution is -0.134. The highest BCUT2D eigenvalue weighted by atomic mass is 16.2. The van der Waals surface area contributed by atoms with Gasteiger partial charge in [0.1, 0.15) is 11.9 Å². The van der Waals surface area contributed by atoms with Gasteiger partial charge in [-0.05, 0) is 37.6 Å². The fourth-order valence-corrected chi connectivity index (χ4v) is 4.32. The smallest absolute Gasteiger partial charge is 0.245 e. The Balaban J connectivity index is 1.49. The summed E-state index contributed by atoms with van der Waals surface area (Å²) in [6.07, 6.45) is 2.82. The van der Waals surface area contributed by atoms with Crippen molar-refractivity contribution in [3.05, 3.63) is 60.2 Å². The molecule has 1 atom stereocenters. The second kappa shape index (κ2) is 8.96. The molecule has 0 unspecified atom stereocenters. The van der Waals surface area contributed by atoms with E-state index in [1.54, 1.807) is 0 Å². The minimum Gasteiger partial charge on any atom is -0.340 e. The van der Waals surface area contributed by atoms with Gasteiger partial charge in [-0.1, -0.05) is 32.0 Å². The van der Waals surface area contributed by atoms with Crippen LogP contribution in [-0.4, -0.2) is 56.4 Å². The first-order valence-corrected chi connectivity index (χ1v) is 10.9. The summed E-state index contributed by atoms with van der Waals surface area (Å²) in [5.41, 5.74) is 3.07. The first-order chi connectivity index (χ1) is 14.5. The van der Waals surface area contributed by atoms with Crippen molar-refractivity contribution in [3.8, 4) is 0 Å². The molecule has 1 fully saturated rings. The molecule has 1 aromatic carbocycles. The van der Waals surface area contributed by atoms with E-state index in [0.29, 0.717) is 0 Å². The minimum absolute atomic E-state index is 0.180. The molecule has 1 saturated heterocycles. The number of nitrogens with zero attached hydrogens (tertiary/aromatic N) is 5. The van der Waals surface area contributed by atoms with Gasteiger partial charge in [0, 0.05) is 44.8 Å². The van der Waals surface area contributed by atoms with Crippen LogP contribution in [0.5, 0.6) is 0 Å². The average molecular weight is 406 g/mol. The number of hydrogen-bond donors (Lipinski definition) is 0. The van der Waals surface area contributed by atoms with E-state index in [0.717, 1.165) is 61.7 Å². The number of amides is 1. The summed E-state index contributed by atoms with van der Waals surface area (Å²) in [7, 11) is 0. The largest absolute Gasteiger partial charge is 0.340 e. The monoisotopic (exact) mass is 405 g/mol. The van der Waals surface area contributed by atoms with E-state index in [4.69, 9.17) is 4.98 Å². The molecule has 158 valence electrons. The Labute approximate surface area is 178 Å². The average Bonchev–Trinajstić information content (AvgIpc) is 3.00. The molecule has 6 heteroatoms. The number of hydrogen-bond acceptors (Lipinski definition) is 4. The molecular formula is C24H31N5O. The van der Waals surface area contributed by atoms with E-state index in [1.807, 2.05) is 48.4 Å². The lowest BCUT2D eigenvalue weighted by atomic mass is 10.1. The maximum absolute atomic E-state index is 13.5. The Kier molecular flexibility index (Phi) is 6.13. The Bertz CT molecular complexity index is 997. The SMILES string of the molecule is CC(C)c1nc2ccccc2n1[C@H](C)C(=O)N1CCCN(Cc2ccccn2)CC1.